The molecule has 2 aromatic carbocycles. The van der Waals surface area contributed by atoms with Crippen molar-refractivity contribution in [2.24, 2.45) is 4.99 Å². The van der Waals surface area contributed by atoms with Crippen LogP contribution in [0.25, 0.3) is 0 Å². The first kappa shape index (κ1) is 15.9. The molecule has 2 aromatic rings. The number of rotatable bonds is 3. The van der Waals surface area contributed by atoms with Gasteiger partial charge in [0.15, 0.2) is 5.78 Å². The molecule has 0 aromatic heterocycles. The van der Waals surface area contributed by atoms with E-state index in [1.807, 2.05) is 50.3 Å². The molecule has 1 aliphatic heterocycles. The van der Waals surface area contributed by atoms with Crippen molar-refractivity contribution in [3.63, 3.8) is 0 Å². The zero-order chi connectivity index (χ0) is 17.1. The molecule has 3 nitrogen and oxygen atoms in total. The smallest absolute Gasteiger partial charge is 0.187 e. The van der Waals surface area contributed by atoms with Crippen molar-refractivity contribution in [2.45, 2.75) is 20.8 Å². The van der Waals surface area contributed by atoms with Gasteiger partial charge in [-0.2, -0.15) is 0 Å². The second kappa shape index (κ2) is 6.67. The average Bonchev–Trinajstić information content (AvgIpc) is 2.57. The van der Waals surface area contributed by atoms with Gasteiger partial charge >= 0.3 is 0 Å². The predicted molar refractivity (Wildman–Crippen MR) is 99.4 cm³/mol. The molecule has 0 saturated heterocycles. The van der Waals surface area contributed by atoms with E-state index in [2.05, 4.69) is 41.1 Å². The number of carbonyl (C=O) groups excluding carboxylic acids is 1. The van der Waals surface area contributed by atoms with Gasteiger partial charge in [0.1, 0.15) is 5.84 Å². The van der Waals surface area contributed by atoms with Crippen LogP contribution in [0, 0.1) is 6.92 Å². The van der Waals surface area contributed by atoms with Gasteiger partial charge in [0, 0.05) is 23.0 Å². The number of carbonyl (C=O) groups is 1. The Hall–Kier alpha value is -2.94. The molecular weight excluding hydrogens is 296 g/mol. The number of anilines is 1. The molecule has 0 N–H and O–H groups in total. The molecule has 3 heteroatoms. The van der Waals surface area contributed by atoms with E-state index in [4.69, 9.17) is 0 Å². The summed E-state index contributed by atoms with van der Waals surface area (Å²) < 4.78 is 0. The Morgan fingerprint density at radius 2 is 1.62 bits per heavy atom. The summed E-state index contributed by atoms with van der Waals surface area (Å²) in [7, 11) is 0. The third-order valence-corrected chi connectivity index (χ3v) is 3.95. The van der Waals surface area contributed by atoms with E-state index in [9.17, 15) is 4.79 Å². The fraction of sp³-hybridized carbons (Fsp3) is 0.143. The van der Waals surface area contributed by atoms with Crippen molar-refractivity contribution in [3.05, 3.63) is 89.3 Å². The Labute approximate surface area is 142 Å². The first-order valence-electron chi connectivity index (χ1n) is 7.96. The SMILES string of the molecule is CC1=C/C(=C/C(=O)c2ccccc2)N=C(C)N1c1ccc(C)cc1. The van der Waals surface area contributed by atoms with Crippen LogP contribution in [0.4, 0.5) is 5.69 Å². The first-order chi connectivity index (χ1) is 11.5. The molecule has 0 radical (unpaired) electrons. The molecule has 1 aliphatic rings. The van der Waals surface area contributed by atoms with Crippen molar-refractivity contribution in [1.29, 1.82) is 0 Å². The largest absolute Gasteiger partial charge is 0.303 e. The van der Waals surface area contributed by atoms with E-state index in [1.165, 1.54) is 5.56 Å². The molecule has 0 aliphatic carbocycles. The van der Waals surface area contributed by atoms with Gasteiger partial charge < -0.3 is 4.90 Å². The molecule has 0 saturated carbocycles. The van der Waals surface area contributed by atoms with Crippen molar-refractivity contribution in [2.75, 3.05) is 4.90 Å². The summed E-state index contributed by atoms with van der Waals surface area (Å²) in [5.74, 6) is 0.820. The average molecular weight is 316 g/mol. The third-order valence-electron chi connectivity index (χ3n) is 3.95. The quantitative estimate of drug-likeness (QED) is 0.596. The summed E-state index contributed by atoms with van der Waals surface area (Å²) in [6.45, 7) is 6.05. The Kier molecular flexibility index (Phi) is 4.43. The van der Waals surface area contributed by atoms with Gasteiger partial charge in [0.05, 0.1) is 5.70 Å². The molecule has 0 amide bonds. The van der Waals surface area contributed by atoms with Crippen molar-refractivity contribution in [1.82, 2.24) is 0 Å². The lowest BCUT2D eigenvalue weighted by molar-refractivity contribution is 0.104. The van der Waals surface area contributed by atoms with Gasteiger partial charge in [-0.25, -0.2) is 4.99 Å². The highest BCUT2D eigenvalue weighted by molar-refractivity contribution is 6.06. The van der Waals surface area contributed by atoms with Crippen LogP contribution in [0.15, 0.2) is 83.1 Å². The number of amidine groups is 1. The molecule has 3 rings (SSSR count). The summed E-state index contributed by atoms with van der Waals surface area (Å²) in [5.41, 5.74) is 4.69. The van der Waals surface area contributed by atoms with E-state index < -0.39 is 0 Å². The second-order valence-electron chi connectivity index (χ2n) is 5.92. The van der Waals surface area contributed by atoms with Crippen LogP contribution in [0.5, 0.6) is 0 Å². The third kappa shape index (κ3) is 3.35. The first-order valence-corrected chi connectivity index (χ1v) is 7.96. The molecule has 0 bridgehead atoms. The number of benzene rings is 2. The van der Waals surface area contributed by atoms with E-state index >= 15 is 0 Å². The Bertz CT molecular complexity index is 821. The number of hydrogen-bond acceptors (Lipinski definition) is 3. The lowest BCUT2D eigenvalue weighted by atomic mass is 10.1. The summed E-state index contributed by atoms with van der Waals surface area (Å²) in [6.07, 6.45) is 3.53. The minimum atomic E-state index is -0.0324. The molecule has 1 heterocycles. The van der Waals surface area contributed by atoms with Gasteiger partial charge in [-0.3, -0.25) is 4.79 Å². The highest BCUT2D eigenvalue weighted by Crippen LogP contribution is 2.25. The van der Waals surface area contributed by atoms with Crippen LogP contribution < -0.4 is 4.90 Å². The van der Waals surface area contributed by atoms with E-state index in [-0.39, 0.29) is 5.78 Å². The van der Waals surface area contributed by atoms with Crippen molar-refractivity contribution >= 4 is 17.3 Å². The standard InChI is InChI=1S/C21H20N2O/c1-15-9-11-20(12-10-15)23-16(2)13-19(22-17(23)3)14-21(24)18-7-5-4-6-8-18/h4-14H,1-3H3/b19-14-. The summed E-state index contributed by atoms with van der Waals surface area (Å²) in [5, 5.41) is 0. The van der Waals surface area contributed by atoms with Crippen LogP contribution >= 0.6 is 0 Å². The molecule has 0 spiro atoms. The summed E-state index contributed by atoms with van der Waals surface area (Å²) in [4.78, 5) is 19.0. The molecular formula is C21H20N2O. The monoisotopic (exact) mass is 316 g/mol. The van der Waals surface area contributed by atoms with Crippen LogP contribution in [-0.2, 0) is 0 Å². The number of aryl methyl sites for hydroxylation is 1. The predicted octanol–water partition coefficient (Wildman–Crippen LogP) is 4.90. The van der Waals surface area contributed by atoms with Gasteiger partial charge in [0.2, 0.25) is 0 Å². The number of nitrogens with zero attached hydrogens (tertiary/aromatic N) is 2. The fourth-order valence-corrected chi connectivity index (χ4v) is 2.78. The van der Waals surface area contributed by atoms with Crippen LogP contribution in [0.1, 0.15) is 29.8 Å². The van der Waals surface area contributed by atoms with Crippen LogP contribution in [0.2, 0.25) is 0 Å². The van der Waals surface area contributed by atoms with Crippen LogP contribution in [0.3, 0.4) is 0 Å². The minimum absolute atomic E-state index is 0.0324. The van der Waals surface area contributed by atoms with Crippen molar-refractivity contribution in [3.8, 4) is 0 Å². The van der Waals surface area contributed by atoms with Gasteiger partial charge in [-0.15, -0.1) is 0 Å². The molecule has 120 valence electrons. The fourth-order valence-electron chi connectivity index (χ4n) is 2.78. The number of aliphatic imine (C=N–C) groups is 1. The topological polar surface area (TPSA) is 32.7 Å². The van der Waals surface area contributed by atoms with Gasteiger partial charge in [0.25, 0.3) is 0 Å². The van der Waals surface area contributed by atoms with Crippen LogP contribution in [-0.4, -0.2) is 11.6 Å². The highest BCUT2D eigenvalue weighted by Gasteiger charge is 2.17. The molecule has 0 fully saturated rings. The maximum Gasteiger partial charge on any atom is 0.187 e. The summed E-state index contributed by atoms with van der Waals surface area (Å²) in [6, 6.07) is 17.6. The van der Waals surface area contributed by atoms with Gasteiger partial charge in [-0.1, -0.05) is 48.0 Å². The Balaban J connectivity index is 1.89. The summed E-state index contributed by atoms with van der Waals surface area (Å²) >= 11 is 0. The molecule has 24 heavy (non-hydrogen) atoms. The minimum Gasteiger partial charge on any atom is -0.303 e. The lowest BCUT2D eigenvalue weighted by Crippen LogP contribution is -2.29. The molecule has 0 unspecified atom stereocenters. The second-order valence-corrected chi connectivity index (χ2v) is 5.92. The Morgan fingerprint density at radius 3 is 2.25 bits per heavy atom. The maximum atomic E-state index is 12.3. The highest BCUT2D eigenvalue weighted by atomic mass is 16.1. The number of hydrogen-bond donors (Lipinski definition) is 0. The zero-order valence-electron chi connectivity index (χ0n) is 14.2. The lowest BCUT2D eigenvalue weighted by Gasteiger charge is -2.28. The van der Waals surface area contributed by atoms with E-state index in [0.29, 0.717) is 11.3 Å². The normalized spacial score (nSPS) is 16.0. The Morgan fingerprint density at radius 1 is 0.958 bits per heavy atom. The van der Waals surface area contributed by atoms with E-state index in [0.717, 1.165) is 17.2 Å². The van der Waals surface area contributed by atoms with Gasteiger partial charge in [-0.05, 0) is 39.0 Å². The maximum absolute atomic E-state index is 12.3. The zero-order valence-corrected chi connectivity index (χ0v) is 14.2. The molecule has 0 atom stereocenters. The number of allylic oxidation sites excluding steroid dienone is 3. The van der Waals surface area contributed by atoms with E-state index in [1.54, 1.807) is 6.08 Å². The van der Waals surface area contributed by atoms with Crippen molar-refractivity contribution < 1.29 is 4.79 Å². The number of ketones is 1.